The highest BCUT2D eigenvalue weighted by Crippen LogP contribution is 2.23. The zero-order chi connectivity index (χ0) is 20.5. The van der Waals surface area contributed by atoms with Crippen molar-refractivity contribution >= 4 is 29.2 Å². The average Bonchev–Trinajstić information content (AvgIpc) is 2.62. The number of hydrogen-bond donors (Lipinski definition) is 3. The van der Waals surface area contributed by atoms with Crippen molar-refractivity contribution in [1.82, 2.24) is 15.5 Å². The van der Waals surface area contributed by atoms with Gasteiger partial charge in [-0.15, -0.1) is 0 Å². The molecule has 2 aromatic rings. The van der Waals surface area contributed by atoms with Gasteiger partial charge in [0.2, 0.25) is 0 Å². The lowest BCUT2D eigenvalue weighted by Crippen LogP contribution is -2.39. The number of nitrogens with one attached hydrogen (secondary N) is 2. The van der Waals surface area contributed by atoms with E-state index < -0.39 is 6.10 Å². The Labute approximate surface area is 177 Å². The molecule has 0 heterocycles. The lowest BCUT2D eigenvalue weighted by atomic mass is 10.1. The van der Waals surface area contributed by atoms with Gasteiger partial charge < -0.3 is 20.6 Å². The second-order valence-corrected chi connectivity index (χ2v) is 7.73. The fourth-order valence-electron chi connectivity index (χ4n) is 2.78. The molecule has 2 rings (SSSR count). The van der Waals surface area contributed by atoms with Gasteiger partial charge >= 0.3 is 0 Å². The first-order valence-corrected chi connectivity index (χ1v) is 10.0. The minimum Gasteiger partial charge on any atom is -0.387 e. The maximum Gasteiger partial charge on any atom is 0.191 e. The van der Waals surface area contributed by atoms with Crippen LogP contribution in [0.5, 0.6) is 0 Å². The van der Waals surface area contributed by atoms with Crippen LogP contribution in [0.2, 0.25) is 10.0 Å². The molecule has 5 nitrogen and oxygen atoms in total. The first kappa shape index (κ1) is 22.5. The summed E-state index contributed by atoms with van der Waals surface area (Å²) in [6.45, 7) is 4.47. The number of benzene rings is 2. The van der Waals surface area contributed by atoms with Gasteiger partial charge in [-0.2, -0.15) is 0 Å². The molecule has 7 heteroatoms. The van der Waals surface area contributed by atoms with E-state index in [2.05, 4.69) is 58.9 Å². The van der Waals surface area contributed by atoms with Gasteiger partial charge in [0.05, 0.1) is 12.6 Å². The minimum absolute atomic E-state index is 0.295. The van der Waals surface area contributed by atoms with Crippen molar-refractivity contribution in [3.05, 3.63) is 69.2 Å². The van der Waals surface area contributed by atoms with Crippen molar-refractivity contribution in [1.29, 1.82) is 0 Å². The first-order valence-electron chi connectivity index (χ1n) is 9.26. The molecule has 28 heavy (non-hydrogen) atoms. The summed E-state index contributed by atoms with van der Waals surface area (Å²) in [6, 6.07) is 13.5. The Bertz CT molecular complexity index is 775. The topological polar surface area (TPSA) is 59.9 Å². The molecule has 0 spiro atoms. The normalized spacial score (nSPS) is 12.9. The van der Waals surface area contributed by atoms with Gasteiger partial charge in [0.1, 0.15) is 0 Å². The quantitative estimate of drug-likeness (QED) is 0.446. The number of halogens is 2. The first-order chi connectivity index (χ1) is 13.4. The SMILES string of the molecule is CCNC(=NCc1cccc(CN(C)C)c1)NCC(O)c1cc(Cl)cc(Cl)c1. The minimum atomic E-state index is -0.747. The summed E-state index contributed by atoms with van der Waals surface area (Å²) >= 11 is 12.0. The highest BCUT2D eigenvalue weighted by molar-refractivity contribution is 6.34. The molecule has 0 saturated heterocycles. The van der Waals surface area contributed by atoms with Crippen LogP contribution in [0.15, 0.2) is 47.5 Å². The van der Waals surface area contributed by atoms with Gasteiger partial charge in [-0.1, -0.05) is 47.5 Å². The summed E-state index contributed by atoms with van der Waals surface area (Å²) in [5.74, 6) is 0.646. The molecule has 0 bridgehead atoms. The van der Waals surface area contributed by atoms with Crippen LogP contribution in [0.3, 0.4) is 0 Å². The highest BCUT2D eigenvalue weighted by atomic mass is 35.5. The van der Waals surface area contributed by atoms with E-state index in [9.17, 15) is 5.11 Å². The van der Waals surface area contributed by atoms with Crippen LogP contribution in [0.1, 0.15) is 29.7 Å². The van der Waals surface area contributed by atoms with Crippen molar-refractivity contribution in [2.45, 2.75) is 26.1 Å². The van der Waals surface area contributed by atoms with Crippen LogP contribution in [0.4, 0.5) is 0 Å². The van der Waals surface area contributed by atoms with Gasteiger partial charge in [-0.3, -0.25) is 0 Å². The lowest BCUT2D eigenvalue weighted by Gasteiger charge is -2.16. The third kappa shape index (κ3) is 7.68. The molecule has 0 aliphatic rings. The molecule has 2 aromatic carbocycles. The van der Waals surface area contributed by atoms with Gasteiger partial charge in [0, 0.05) is 29.7 Å². The summed E-state index contributed by atoms with van der Waals surface area (Å²) in [5.41, 5.74) is 3.06. The van der Waals surface area contributed by atoms with E-state index >= 15 is 0 Å². The van der Waals surface area contributed by atoms with E-state index in [1.807, 2.05) is 6.92 Å². The molecule has 0 aliphatic heterocycles. The molecule has 0 amide bonds. The average molecular weight is 423 g/mol. The Morgan fingerprint density at radius 1 is 1.07 bits per heavy atom. The third-order valence-corrected chi connectivity index (χ3v) is 4.42. The van der Waals surface area contributed by atoms with Gasteiger partial charge in [0.25, 0.3) is 0 Å². The maximum absolute atomic E-state index is 10.4. The van der Waals surface area contributed by atoms with Crippen molar-refractivity contribution in [3.8, 4) is 0 Å². The molecular weight excluding hydrogens is 395 g/mol. The summed E-state index contributed by atoms with van der Waals surface area (Å²) < 4.78 is 0. The van der Waals surface area contributed by atoms with Crippen LogP contribution in [0.25, 0.3) is 0 Å². The van der Waals surface area contributed by atoms with Crippen molar-refractivity contribution < 1.29 is 5.11 Å². The lowest BCUT2D eigenvalue weighted by molar-refractivity contribution is 0.181. The predicted molar refractivity (Wildman–Crippen MR) is 118 cm³/mol. The van der Waals surface area contributed by atoms with Crippen molar-refractivity contribution in [3.63, 3.8) is 0 Å². The fraction of sp³-hybridized carbons (Fsp3) is 0.381. The van der Waals surface area contributed by atoms with E-state index in [0.29, 0.717) is 34.7 Å². The summed E-state index contributed by atoms with van der Waals surface area (Å²) in [7, 11) is 4.10. The number of guanidine groups is 1. The Morgan fingerprint density at radius 2 is 1.75 bits per heavy atom. The van der Waals surface area contributed by atoms with Crippen molar-refractivity contribution in [2.24, 2.45) is 4.99 Å². The molecule has 0 radical (unpaired) electrons. The molecule has 1 atom stereocenters. The standard InChI is InChI=1S/C21H28Cl2N4O/c1-4-24-21(25-12-15-6-5-7-16(8-15)14-27(2)3)26-13-20(28)17-9-18(22)11-19(23)10-17/h5-11,20,28H,4,12-14H2,1-3H3,(H2,24,25,26). The molecule has 0 saturated carbocycles. The zero-order valence-electron chi connectivity index (χ0n) is 16.5. The summed E-state index contributed by atoms with van der Waals surface area (Å²) in [6.07, 6.45) is -0.747. The molecule has 0 aliphatic carbocycles. The number of hydrogen-bond acceptors (Lipinski definition) is 3. The monoisotopic (exact) mass is 422 g/mol. The summed E-state index contributed by atoms with van der Waals surface area (Å²) in [4.78, 5) is 6.76. The van der Waals surface area contributed by atoms with Gasteiger partial charge in [0.15, 0.2) is 5.96 Å². The van der Waals surface area contributed by atoms with E-state index in [1.165, 1.54) is 5.56 Å². The predicted octanol–water partition coefficient (Wildman–Crippen LogP) is 3.84. The zero-order valence-corrected chi connectivity index (χ0v) is 18.1. The number of aliphatic imine (C=N–C) groups is 1. The molecule has 0 fully saturated rings. The van der Waals surface area contributed by atoms with Crippen molar-refractivity contribution in [2.75, 3.05) is 27.2 Å². The highest BCUT2D eigenvalue weighted by Gasteiger charge is 2.10. The van der Waals surface area contributed by atoms with E-state index in [-0.39, 0.29) is 0 Å². The van der Waals surface area contributed by atoms with Crippen LogP contribution in [0, 0.1) is 0 Å². The van der Waals surface area contributed by atoms with E-state index in [0.717, 1.165) is 18.7 Å². The summed E-state index contributed by atoms with van der Waals surface area (Å²) in [5, 5.41) is 17.8. The Hall–Kier alpha value is -1.79. The number of nitrogens with zero attached hydrogens (tertiary/aromatic N) is 2. The molecular formula is C21H28Cl2N4O. The third-order valence-electron chi connectivity index (χ3n) is 3.99. The largest absolute Gasteiger partial charge is 0.387 e. The maximum atomic E-state index is 10.4. The Morgan fingerprint density at radius 3 is 2.39 bits per heavy atom. The Balaban J connectivity index is 2.00. The Kier molecular flexibility index (Phi) is 9.06. The molecule has 0 aromatic heterocycles. The van der Waals surface area contributed by atoms with Crippen LogP contribution < -0.4 is 10.6 Å². The molecule has 3 N–H and O–H groups in total. The van der Waals surface area contributed by atoms with Crippen LogP contribution in [-0.4, -0.2) is 43.2 Å². The van der Waals surface area contributed by atoms with E-state index in [4.69, 9.17) is 23.2 Å². The van der Waals surface area contributed by atoms with Crippen LogP contribution >= 0.6 is 23.2 Å². The number of aliphatic hydroxyl groups excluding tert-OH is 1. The van der Waals surface area contributed by atoms with Gasteiger partial charge in [-0.25, -0.2) is 4.99 Å². The van der Waals surface area contributed by atoms with E-state index in [1.54, 1.807) is 18.2 Å². The second kappa shape index (κ2) is 11.3. The fourth-order valence-corrected chi connectivity index (χ4v) is 3.33. The molecule has 152 valence electrons. The second-order valence-electron chi connectivity index (χ2n) is 6.85. The molecule has 1 unspecified atom stereocenters. The van der Waals surface area contributed by atoms with Gasteiger partial charge in [-0.05, 0) is 55.9 Å². The number of rotatable bonds is 8. The smallest absolute Gasteiger partial charge is 0.191 e. The number of aliphatic hydroxyl groups is 1. The van der Waals surface area contributed by atoms with Crippen LogP contribution in [-0.2, 0) is 13.1 Å².